The first-order valence-corrected chi connectivity index (χ1v) is 8.29. The molecule has 134 valence electrons. The zero-order valence-electron chi connectivity index (χ0n) is 14.0. The Kier molecular flexibility index (Phi) is 5.73. The second-order valence-corrected chi connectivity index (χ2v) is 6.73. The lowest BCUT2D eigenvalue weighted by Gasteiger charge is -2.25. The summed E-state index contributed by atoms with van der Waals surface area (Å²) in [6, 6.07) is 5.59. The maximum absolute atomic E-state index is 14.1. The molecule has 8 heteroatoms. The predicted molar refractivity (Wildman–Crippen MR) is 90.6 cm³/mol. The molecule has 5 nitrogen and oxygen atoms in total. The van der Waals surface area contributed by atoms with Crippen LogP contribution in [0.5, 0.6) is 5.75 Å². The summed E-state index contributed by atoms with van der Waals surface area (Å²) in [4.78, 5) is 24.9. The average Bonchev–Trinajstić information content (AvgIpc) is 3.08. The standard InChI is InChI=1S/C17H18F2N2O3S/c1-17(2,21-15(22)13-5-4-8-25-13)16(23)20-9-10-11(18)6-7-12(24-3)14(10)19/h4-8H,9H2,1-3H3,(H,20,23)(H,21,22). The van der Waals surface area contributed by atoms with Crippen LogP contribution in [-0.4, -0.2) is 24.5 Å². The minimum absolute atomic E-state index is 0.115. The molecule has 2 aromatic rings. The van der Waals surface area contributed by atoms with E-state index in [-0.39, 0.29) is 17.9 Å². The van der Waals surface area contributed by atoms with Crippen LogP contribution < -0.4 is 15.4 Å². The molecule has 0 aliphatic carbocycles. The maximum Gasteiger partial charge on any atom is 0.262 e. The molecule has 2 N–H and O–H groups in total. The molecule has 0 atom stereocenters. The van der Waals surface area contributed by atoms with Crippen molar-refractivity contribution in [3.8, 4) is 5.75 Å². The van der Waals surface area contributed by atoms with Gasteiger partial charge in [0.05, 0.1) is 12.0 Å². The van der Waals surface area contributed by atoms with E-state index >= 15 is 0 Å². The van der Waals surface area contributed by atoms with Crippen molar-refractivity contribution in [3.05, 3.63) is 51.7 Å². The van der Waals surface area contributed by atoms with Crippen molar-refractivity contribution < 1.29 is 23.1 Å². The van der Waals surface area contributed by atoms with Crippen molar-refractivity contribution in [1.29, 1.82) is 0 Å². The second-order valence-electron chi connectivity index (χ2n) is 5.78. The zero-order chi connectivity index (χ0) is 18.6. The number of methoxy groups -OCH3 is 1. The van der Waals surface area contributed by atoms with Crippen LogP contribution in [0, 0.1) is 11.6 Å². The summed E-state index contributed by atoms with van der Waals surface area (Å²) in [5, 5.41) is 6.78. The molecule has 0 bridgehead atoms. The summed E-state index contributed by atoms with van der Waals surface area (Å²) in [6.45, 7) is 2.64. The maximum atomic E-state index is 14.1. The Morgan fingerprint density at radius 1 is 1.24 bits per heavy atom. The van der Waals surface area contributed by atoms with Crippen LogP contribution in [0.2, 0.25) is 0 Å². The summed E-state index contributed by atoms with van der Waals surface area (Å²) in [6.07, 6.45) is 0. The molecule has 2 rings (SSSR count). The number of benzene rings is 1. The lowest BCUT2D eigenvalue weighted by atomic mass is 10.0. The van der Waals surface area contributed by atoms with E-state index in [1.54, 1.807) is 17.5 Å². The Morgan fingerprint density at radius 2 is 1.96 bits per heavy atom. The average molecular weight is 368 g/mol. The van der Waals surface area contributed by atoms with Crippen LogP contribution in [0.1, 0.15) is 29.1 Å². The van der Waals surface area contributed by atoms with E-state index in [1.165, 1.54) is 38.4 Å². The molecule has 1 aromatic heterocycles. The fraction of sp³-hybridized carbons (Fsp3) is 0.294. The van der Waals surface area contributed by atoms with Crippen molar-refractivity contribution >= 4 is 23.2 Å². The Balaban J connectivity index is 2.05. The summed E-state index contributed by atoms with van der Waals surface area (Å²) in [5.74, 6) is -2.74. The third-order valence-corrected chi connectivity index (χ3v) is 4.40. The Bertz CT molecular complexity index is 776. The van der Waals surface area contributed by atoms with Gasteiger partial charge in [0, 0.05) is 12.1 Å². The monoisotopic (exact) mass is 368 g/mol. The van der Waals surface area contributed by atoms with Crippen LogP contribution in [0.3, 0.4) is 0 Å². The summed E-state index contributed by atoms with van der Waals surface area (Å²) in [5.41, 5.74) is -1.57. The number of carbonyl (C=O) groups excluding carboxylic acids is 2. The predicted octanol–water partition coefficient (Wildman–Crippen LogP) is 2.86. The number of hydrogen-bond donors (Lipinski definition) is 2. The minimum atomic E-state index is -1.26. The lowest BCUT2D eigenvalue weighted by Crippen LogP contribution is -2.54. The molecule has 1 aromatic carbocycles. The van der Waals surface area contributed by atoms with Gasteiger partial charge in [-0.25, -0.2) is 8.78 Å². The van der Waals surface area contributed by atoms with Gasteiger partial charge in [-0.3, -0.25) is 9.59 Å². The van der Waals surface area contributed by atoms with E-state index in [2.05, 4.69) is 10.6 Å². The molecule has 0 aliphatic heterocycles. The highest BCUT2D eigenvalue weighted by Gasteiger charge is 2.30. The summed E-state index contributed by atoms with van der Waals surface area (Å²) >= 11 is 1.24. The fourth-order valence-electron chi connectivity index (χ4n) is 2.10. The van der Waals surface area contributed by atoms with E-state index in [9.17, 15) is 18.4 Å². The van der Waals surface area contributed by atoms with E-state index in [0.29, 0.717) is 4.88 Å². The second kappa shape index (κ2) is 7.60. The molecule has 1 heterocycles. The van der Waals surface area contributed by atoms with Gasteiger partial charge in [-0.05, 0) is 37.4 Å². The van der Waals surface area contributed by atoms with Crippen LogP contribution in [0.25, 0.3) is 0 Å². The van der Waals surface area contributed by atoms with E-state index in [0.717, 1.165) is 6.07 Å². The van der Waals surface area contributed by atoms with Gasteiger partial charge in [0.25, 0.3) is 5.91 Å². The number of rotatable bonds is 6. The SMILES string of the molecule is COc1ccc(F)c(CNC(=O)C(C)(C)NC(=O)c2cccs2)c1F. The number of halogens is 2. The molecule has 0 aliphatic rings. The summed E-state index contributed by atoms with van der Waals surface area (Å²) < 4.78 is 32.7. The van der Waals surface area contributed by atoms with Crippen LogP contribution in [0.4, 0.5) is 8.78 Å². The minimum Gasteiger partial charge on any atom is -0.494 e. The van der Waals surface area contributed by atoms with Gasteiger partial charge in [0.15, 0.2) is 11.6 Å². The topological polar surface area (TPSA) is 67.4 Å². The molecule has 2 amide bonds. The van der Waals surface area contributed by atoms with Crippen molar-refractivity contribution in [1.82, 2.24) is 10.6 Å². The van der Waals surface area contributed by atoms with Crippen LogP contribution >= 0.6 is 11.3 Å². The number of amides is 2. The first-order chi connectivity index (χ1) is 11.8. The molecule has 0 saturated carbocycles. The quantitative estimate of drug-likeness (QED) is 0.824. The number of thiophene rings is 1. The summed E-state index contributed by atoms with van der Waals surface area (Å²) in [7, 11) is 1.27. The van der Waals surface area contributed by atoms with Gasteiger partial charge in [0.2, 0.25) is 5.91 Å². The third kappa shape index (κ3) is 4.33. The Labute approximate surface area is 148 Å². The van der Waals surface area contributed by atoms with Gasteiger partial charge in [-0.1, -0.05) is 6.07 Å². The Hall–Kier alpha value is -2.48. The molecule has 0 saturated heterocycles. The van der Waals surface area contributed by atoms with Crippen molar-refractivity contribution in [2.75, 3.05) is 7.11 Å². The zero-order valence-corrected chi connectivity index (χ0v) is 14.8. The van der Waals surface area contributed by atoms with Crippen LogP contribution in [0.15, 0.2) is 29.6 Å². The molecule has 25 heavy (non-hydrogen) atoms. The molecule has 0 unspecified atom stereocenters. The largest absolute Gasteiger partial charge is 0.494 e. The lowest BCUT2D eigenvalue weighted by molar-refractivity contribution is -0.126. The molecule has 0 radical (unpaired) electrons. The first kappa shape index (κ1) is 18.9. The van der Waals surface area contributed by atoms with Crippen molar-refractivity contribution in [2.45, 2.75) is 25.9 Å². The van der Waals surface area contributed by atoms with Crippen molar-refractivity contribution in [2.24, 2.45) is 0 Å². The molecular formula is C17H18F2N2O3S. The number of carbonyl (C=O) groups is 2. The third-order valence-electron chi connectivity index (χ3n) is 3.53. The molecule has 0 spiro atoms. The van der Waals surface area contributed by atoms with Gasteiger partial charge in [0.1, 0.15) is 11.4 Å². The van der Waals surface area contributed by atoms with Gasteiger partial charge in [-0.2, -0.15) is 0 Å². The van der Waals surface area contributed by atoms with E-state index < -0.39 is 29.0 Å². The molecule has 0 fully saturated rings. The van der Waals surface area contributed by atoms with Gasteiger partial charge < -0.3 is 15.4 Å². The van der Waals surface area contributed by atoms with E-state index in [4.69, 9.17) is 4.74 Å². The van der Waals surface area contributed by atoms with Crippen molar-refractivity contribution in [3.63, 3.8) is 0 Å². The smallest absolute Gasteiger partial charge is 0.262 e. The van der Waals surface area contributed by atoms with Gasteiger partial charge in [-0.15, -0.1) is 11.3 Å². The van der Waals surface area contributed by atoms with Gasteiger partial charge >= 0.3 is 0 Å². The Morgan fingerprint density at radius 3 is 2.56 bits per heavy atom. The molecular weight excluding hydrogens is 350 g/mol. The number of ether oxygens (including phenoxy) is 1. The normalized spacial score (nSPS) is 11.1. The highest BCUT2D eigenvalue weighted by molar-refractivity contribution is 7.12. The van der Waals surface area contributed by atoms with E-state index in [1.807, 2.05) is 0 Å². The van der Waals surface area contributed by atoms with Crippen LogP contribution in [-0.2, 0) is 11.3 Å². The number of nitrogens with one attached hydrogen (secondary N) is 2. The fourth-order valence-corrected chi connectivity index (χ4v) is 2.71. The highest BCUT2D eigenvalue weighted by Crippen LogP contribution is 2.23. The highest BCUT2D eigenvalue weighted by atomic mass is 32.1. The number of hydrogen-bond acceptors (Lipinski definition) is 4. The first-order valence-electron chi connectivity index (χ1n) is 7.41.